The number of rotatable bonds is 7. The highest BCUT2D eigenvalue weighted by Gasteiger charge is 2.08. The second-order valence-electron chi connectivity index (χ2n) is 4.91. The van der Waals surface area contributed by atoms with Gasteiger partial charge in [-0.25, -0.2) is 0 Å². The highest BCUT2D eigenvalue weighted by atomic mass is 16.1. The second kappa shape index (κ2) is 7.10. The number of nitrogens with one attached hydrogen (secondary N) is 2. The third-order valence-electron chi connectivity index (χ3n) is 3.61. The molecule has 0 spiro atoms. The first kappa shape index (κ1) is 14.6. The number of nitrogens with zero attached hydrogens (tertiary/aromatic N) is 1. The van der Waals surface area contributed by atoms with Crippen LogP contribution in [-0.2, 0) is 0 Å². The van der Waals surface area contributed by atoms with Gasteiger partial charge in [-0.1, -0.05) is 32.0 Å². The third kappa shape index (κ3) is 3.61. The number of hydrogen-bond donors (Lipinski definition) is 2. The van der Waals surface area contributed by atoms with Crippen LogP contribution >= 0.6 is 0 Å². The molecule has 4 heteroatoms. The second-order valence-corrected chi connectivity index (χ2v) is 4.91. The van der Waals surface area contributed by atoms with E-state index in [9.17, 15) is 4.79 Å². The van der Waals surface area contributed by atoms with Gasteiger partial charge in [0.15, 0.2) is 0 Å². The molecule has 1 aromatic heterocycles. The van der Waals surface area contributed by atoms with Gasteiger partial charge in [0.05, 0.1) is 0 Å². The van der Waals surface area contributed by atoms with Crippen molar-refractivity contribution in [2.45, 2.75) is 20.3 Å². The molecule has 0 bridgehead atoms. The number of fused-ring (bicyclic) bond motifs is 1. The van der Waals surface area contributed by atoms with E-state index in [0.717, 1.165) is 37.0 Å². The lowest BCUT2D eigenvalue weighted by molar-refractivity contribution is 0.0947. The molecule has 0 unspecified atom stereocenters. The Morgan fingerprint density at radius 1 is 1.25 bits per heavy atom. The van der Waals surface area contributed by atoms with Gasteiger partial charge in [-0.3, -0.25) is 4.79 Å². The molecular weight excluding hydrogens is 250 g/mol. The SMILES string of the molecule is CCN(CC)CCCNC(=O)c1cc2ccccc2[nH]1. The number of hydrogen-bond acceptors (Lipinski definition) is 2. The smallest absolute Gasteiger partial charge is 0.267 e. The van der Waals surface area contributed by atoms with Crippen molar-refractivity contribution in [1.82, 2.24) is 15.2 Å². The maximum Gasteiger partial charge on any atom is 0.267 e. The molecule has 0 aliphatic rings. The van der Waals surface area contributed by atoms with Crippen LogP contribution in [0.3, 0.4) is 0 Å². The Labute approximate surface area is 120 Å². The molecule has 4 nitrogen and oxygen atoms in total. The normalized spacial score (nSPS) is 11.2. The van der Waals surface area contributed by atoms with Gasteiger partial charge in [-0.05, 0) is 38.2 Å². The summed E-state index contributed by atoms with van der Waals surface area (Å²) in [6, 6.07) is 9.82. The van der Waals surface area contributed by atoms with E-state index >= 15 is 0 Å². The van der Waals surface area contributed by atoms with Crippen LogP contribution in [0.1, 0.15) is 30.8 Å². The summed E-state index contributed by atoms with van der Waals surface area (Å²) in [4.78, 5) is 17.5. The van der Waals surface area contributed by atoms with Crippen LogP contribution in [0.25, 0.3) is 10.9 Å². The third-order valence-corrected chi connectivity index (χ3v) is 3.61. The van der Waals surface area contributed by atoms with Crippen LogP contribution in [0.5, 0.6) is 0 Å². The summed E-state index contributed by atoms with van der Waals surface area (Å²) in [6.07, 6.45) is 0.980. The maximum atomic E-state index is 12.0. The van der Waals surface area contributed by atoms with Gasteiger partial charge in [-0.2, -0.15) is 0 Å². The van der Waals surface area contributed by atoms with Gasteiger partial charge in [0.25, 0.3) is 5.91 Å². The molecule has 20 heavy (non-hydrogen) atoms. The number of aromatic amines is 1. The minimum Gasteiger partial charge on any atom is -0.351 e. The molecule has 0 saturated heterocycles. The number of aromatic nitrogens is 1. The van der Waals surface area contributed by atoms with E-state index in [1.54, 1.807) is 0 Å². The minimum absolute atomic E-state index is 0.0271. The van der Waals surface area contributed by atoms with Gasteiger partial charge >= 0.3 is 0 Å². The first-order valence-corrected chi connectivity index (χ1v) is 7.33. The molecule has 0 fully saturated rings. The number of para-hydroxylation sites is 1. The fraction of sp³-hybridized carbons (Fsp3) is 0.438. The number of benzene rings is 1. The first-order chi connectivity index (χ1) is 9.74. The lowest BCUT2D eigenvalue weighted by Gasteiger charge is -2.17. The highest BCUT2D eigenvalue weighted by Crippen LogP contribution is 2.14. The Morgan fingerprint density at radius 2 is 2.00 bits per heavy atom. The van der Waals surface area contributed by atoms with Gasteiger partial charge in [0.2, 0.25) is 0 Å². The zero-order valence-corrected chi connectivity index (χ0v) is 12.3. The summed E-state index contributed by atoms with van der Waals surface area (Å²) in [5, 5.41) is 4.04. The maximum absolute atomic E-state index is 12.0. The van der Waals surface area contributed by atoms with E-state index in [2.05, 4.69) is 29.0 Å². The zero-order valence-electron chi connectivity index (χ0n) is 12.3. The van der Waals surface area contributed by atoms with Gasteiger partial charge in [0.1, 0.15) is 5.69 Å². The molecule has 0 atom stereocenters. The summed E-state index contributed by atoms with van der Waals surface area (Å²) in [5.41, 5.74) is 1.63. The molecule has 2 aromatic rings. The van der Waals surface area contributed by atoms with Gasteiger partial charge < -0.3 is 15.2 Å². The van der Waals surface area contributed by atoms with Crippen LogP contribution < -0.4 is 5.32 Å². The van der Waals surface area contributed by atoms with Crippen LogP contribution in [0.4, 0.5) is 0 Å². The number of carbonyl (C=O) groups excluding carboxylic acids is 1. The van der Waals surface area contributed by atoms with Crippen molar-refractivity contribution in [3.05, 3.63) is 36.0 Å². The zero-order chi connectivity index (χ0) is 14.4. The van der Waals surface area contributed by atoms with Crippen molar-refractivity contribution in [2.75, 3.05) is 26.2 Å². The van der Waals surface area contributed by atoms with Gasteiger partial charge in [0, 0.05) is 17.4 Å². The fourth-order valence-corrected chi connectivity index (χ4v) is 2.34. The Bertz CT molecular complexity index is 525. The lowest BCUT2D eigenvalue weighted by atomic mass is 10.2. The van der Waals surface area contributed by atoms with E-state index in [-0.39, 0.29) is 5.91 Å². The molecule has 0 saturated carbocycles. The molecule has 0 radical (unpaired) electrons. The Balaban J connectivity index is 1.83. The molecule has 1 amide bonds. The molecule has 1 heterocycles. The average molecular weight is 273 g/mol. The minimum atomic E-state index is -0.0271. The Hall–Kier alpha value is -1.81. The van der Waals surface area contributed by atoms with Crippen molar-refractivity contribution < 1.29 is 4.79 Å². The Morgan fingerprint density at radius 3 is 2.70 bits per heavy atom. The molecule has 2 rings (SSSR count). The molecule has 2 N–H and O–H groups in total. The van der Waals surface area contributed by atoms with Crippen molar-refractivity contribution in [3.63, 3.8) is 0 Å². The van der Waals surface area contributed by atoms with Crippen LogP contribution in [0.2, 0.25) is 0 Å². The molecule has 108 valence electrons. The van der Waals surface area contributed by atoms with Crippen molar-refractivity contribution in [1.29, 1.82) is 0 Å². The van der Waals surface area contributed by atoms with E-state index in [1.807, 2.05) is 30.3 Å². The van der Waals surface area contributed by atoms with Gasteiger partial charge in [-0.15, -0.1) is 0 Å². The van der Waals surface area contributed by atoms with Crippen LogP contribution in [0.15, 0.2) is 30.3 Å². The average Bonchev–Trinajstić information content (AvgIpc) is 2.91. The summed E-state index contributed by atoms with van der Waals surface area (Å²) in [7, 11) is 0. The molecule has 0 aliphatic heterocycles. The van der Waals surface area contributed by atoms with E-state index in [1.165, 1.54) is 0 Å². The summed E-state index contributed by atoms with van der Waals surface area (Å²) in [5.74, 6) is -0.0271. The first-order valence-electron chi connectivity index (χ1n) is 7.33. The summed E-state index contributed by atoms with van der Waals surface area (Å²) < 4.78 is 0. The largest absolute Gasteiger partial charge is 0.351 e. The van der Waals surface area contributed by atoms with E-state index in [0.29, 0.717) is 12.2 Å². The lowest BCUT2D eigenvalue weighted by Crippen LogP contribution is -2.30. The summed E-state index contributed by atoms with van der Waals surface area (Å²) >= 11 is 0. The predicted octanol–water partition coefficient (Wildman–Crippen LogP) is 2.63. The monoisotopic (exact) mass is 273 g/mol. The van der Waals surface area contributed by atoms with Crippen LogP contribution in [0, 0.1) is 0 Å². The molecular formula is C16H23N3O. The molecule has 0 aliphatic carbocycles. The molecule has 1 aromatic carbocycles. The van der Waals surface area contributed by atoms with Crippen molar-refractivity contribution >= 4 is 16.8 Å². The van der Waals surface area contributed by atoms with E-state index < -0.39 is 0 Å². The Kier molecular flexibility index (Phi) is 5.18. The van der Waals surface area contributed by atoms with Crippen LogP contribution in [-0.4, -0.2) is 42.0 Å². The van der Waals surface area contributed by atoms with Crippen molar-refractivity contribution in [2.24, 2.45) is 0 Å². The quantitative estimate of drug-likeness (QED) is 0.762. The number of carbonyl (C=O) groups is 1. The predicted molar refractivity (Wildman–Crippen MR) is 83.0 cm³/mol. The standard InChI is InChI=1S/C16H23N3O/c1-3-19(4-2)11-7-10-17-16(20)15-12-13-8-5-6-9-14(13)18-15/h5-6,8-9,12,18H,3-4,7,10-11H2,1-2H3,(H,17,20). The fourth-order valence-electron chi connectivity index (χ4n) is 2.34. The number of H-pyrrole nitrogens is 1. The summed E-state index contributed by atoms with van der Waals surface area (Å²) in [6.45, 7) is 8.18. The van der Waals surface area contributed by atoms with Crippen molar-refractivity contribution in [3.8, 4) is 0 Å². The topological polar surface area (TPSA) is 48.1 Å². The van der Waals surface area contributed by atoms with E-state index in [4.69, 9.17) is 0 Å². The highest BCUT2D eigenvalue weighted by molar-refractivity contribution is 5.97. The number of amides is 1.